The molecule has 0 aromatic heterocycles. The molecular formula is C19H28NO4. The van der Waals surface area contributed by atoms with Gasteiger partial charge in [0.2, 0.25) is 6.41 Å². The zero-order chi connectivity index (χ0) is 17.4. The molecule has 1 aromatic carbocycles. The zero-order valence-corrected chi connectivity index (χ0v) is 14.9. The van der Waals surface area contributed by atoms with Crippen molar-refractivity contribution in [3.05, 3.63) is 30.2 Å². The maximum absolute atomic E-state index is 11.5. The number of methoxy groups -OCH3 is 2. The van der Waals surface area contributed by atoms with E-state index in [4.69, 9.17) is 14.3 Å². The summed E-state index contributed by atoms with van der Waals surface area (Å²) >= 11 is 0. The maximum atomic E-state index is 11.5. The molecule has 0 N–H and O–H groups in total. The molecule has 1 aromatic rings. The molecule has 1 aliphatic carbocycles. The predicted octanol–water partition coefficient (Wildman–Crippen LogP) is 3.73. The highest BCUT2D eigenvalue weighted by Crippen LogP contribution is 2.39. The number of carbonyl (C=O) groups excluding carboxylic acids is 1. The monoisotopic (exact) mass is 334 g/mol. The highest BCUT2D eigenvalue weighted by atomic mass is 16.7. The first-order valence-electron chi connectivity index (χ1n) is 8.65. The molecule has 2 rings (SSSR count). The van der Waals surface area contributed by atoms with Crippen LogP contribution in [0.15, 0.2) is 18.2 Å². The summed E-state index contributed by atoms with van der Waals surface area (Å²) in [4.78, 5) is 17.3. The fourth-order valence-electron chi connectivity index (χ4n) is 3.21. The van der Waals surface area contributed by atoms with Crippen molar-refractivity contribution in [2.45, 2.75) is 51.0 Å². The van der Waals surface area contributed by atoms with Crippen molar-refractivity contribution in [1.82, 2.24) is 5.06 Å². The highest BCUT2D eigenvalue weighted by molar-refractivity contribution is 5.48. The van der Waals surface area contributed by atoms with E-state index in [0.717, 1.165) is 44.1 Å². The fraction of sp³-hybridized carbons (Fsp3) is 0.579. The third kappa shape index (κ3) is 4.41. The van der Waals surface area contributed by atoms with E-state index in [0.29, 0.717) is 18.1 Å². The third-order valence-corrected chi connectivity index (χ3v) is 4.56. The van der Waals surface area contributed by atoms with Crippen LogP contribution in [0.1, 0.15) is 50.5 Å². The first-order chi connectivity index (χ1) is 11.7. The van der Waals surface area contributed by atoms with Gasteiger partial charge in [0.25, 0.3) is 0 Å². The van der Waals surface area contributed by atoms with Crippen molar-refractivity contribution in [2.75, 3.05) is 20.8 Å². The maximum Gasteiger partial charge on any atom is 0.233 e. The minimum atomic E-state index is 0.0196. The largest absolute Gasteiger partial charge is 0.493 e. The van der Waals surface area contributed by atoms with Crippen LogP contribution >= 0.6 is 0 Å². The number of carbonyl (C=O) groups is 1. The molecule has 5 nitrogen and oxygen atoms in total. The van der Waals surface area contributed by atoms with Crippen LogP contribution in [0.4, 0.5) is 0 Å². The summed E-state index contributed by atoms with van der Waals surface area (Å²) in [6.07, 6.45) is 7.90. The molecule has 2 atom stereocenters. The normalized spacial score (nSPS) is 20.5. The second-order valence-corrected chi connectivity index (χ2v) is 6.04. The van der Waals surface area contributed by atoms with Crippen LogP contribution in [-0.2, 0) is 9.63 Å². The lowest BCUT2D eigenvalue weighted by Crippen LogP contribution is -2.41. The van der Waals surface area contributed by atoms with E-state index in [9.17, 15) is 4.79 Å². The molecule has 1 amide bonds. The Morgan fingerprint density at radius 1 is 1.25 bits per heavy atom. The van der Waals surface area contributed by atoms with Gasteiger partial charge in [0, 0.05) is 5.92 Å². The van der Waals surface area contributed by atoms with Crippen LogP contribution in [-0.4, -0.2) is 38.3 Å². The Hall–Kier alpha value is -1.75. The summed E-state index contributed by atoms with van der Waals surface area (Å²) in [5, 5.41) is 1.51. The number of amides is 1. The Balaban J connectivity index is 2.20. The minimum Gasteiger partial charge on any atom is -0.493 e. The first-order valence-corrected chi connectivity index (χ1v) is 8.65. The topological polar surface area (TPSA) is 48.0 Å². The Morgan fingerprint density at radius 2 is 2.04 bits per heavy atom. The van der Waals surface area contributed by atoms with E-state index in [-0.39, 0.29) is 12.0 Å². The van der Waals surface area contributed by atoms with Gasteiger partial charge in [-0.3, -0.25) is 9.63 Å². The van der Waals surface area contributed by atoms with Crippen LogP contribution in [0.3, 0.4) is 0 Å². The Kier molecular flexibility index (Phi) is 7.37. The van der Waals surface area contributed by atoms with Crippen LogP contribution in [0, 0.1) is 6.42 Å². The van der Waals surface area contributed by atoms with Crippen molar-refractivity contribution in [3.8, 4) is 11.5 Å². The standard InChI is InChI=1S/C19H28NO4/c1-4-5-12-24-20(14-21)17-9-7-6-8-16(17)15-10-11-18(22-2)19(13-15)23-3/h7,10-11,13-14,16-17H,4-6,8-9,12H2,1-3H3. The Labute approximate surface area is 144 Å². The quantitative estimate of drug-likeness (QED) is 0.392. The van der Waals surface area contributed by atoms with Gasteiger partial charge in [0.15, 0.2) is 11.5 Å². The number of unbranched alkanes of at least 4 members (excludes halogenated alkanes) is 1. The average Bonchev–Trinajstić information content (AvgIpc) is 2.65. The number of rotatable bonds is 9. The molecule has 0 heterocycles. The molecule has 0 bridgehead atoms. The lowest BCUT2D eigenvalue weighted by atomic mass is 9.80. The van der Waals surface area contributed by atoms with E-state index in [1.807, 2.05) is 12.1 Å². The Bertz CT molecular complexity index is 520. The zero-order valence-electron chi connectivity index (χ0n) is 14.9. The van der Waals surface area contributed by atoms with Gasteiger partial charge in [-0.25, -0.2) is 5.06 Å². The number of nitrogens with zero attached hydrogens (tertiary/aromatic N) is 1. The molecule has 0 spiro atoms. The molecule has 1 aliphatic rings. The van der Waals surface area contributed by atoms with Gasteiger partial charge in [-0.1, -0.05) is 19.4 Å². The van der Waals surface area contributed by atoms with Gasteiger partial charge in [0.05, 0.1) is 26.9 Å². The summed E-state index contributed by atoms with van der Waals surface area (Å²) in [5.74, 6) is 1.65. The van der Waals surface area contributed by atoms with Crippen molar-refractivity contribution in [2.24, 2.45) is 0 Å². The summed E-state index contributed by atoms with van der Waals surface area (Å²) < 4.78 is 10.7. The van der Waals surface area contributed by atoms with Crippen LogP contribution in [0.25, 0.3) is 0 Å². The lowest BCUT2D eigenvalue weighted by molar-refractivity contribution is -0.191. The molecule has 24 heavy (non-hydrogen) atoms. The van der Waals surface area contributed by atoms with Gasteiger partial charge in [0.1, 0.15) is 0 Å². The van der Waals surface area contributed by atoms with Crippen LogP contribution in [0.2, 0.25) is 0 Å². The Morgan fingerprint density at radius 3 is 2.71 bits per heavy atom. The van der Waals surface area contributed by atoms with Gasteiger partial charge in [-0.2, -0.15) is 0 Å². The van der Waals surface area contributed by atoms with Crippen molar-refractivity contribution < 1.29 is 19.1 Å². The second-order valence-electron chi connectivity index (χ2n) is 6.04. The van der Waals surface area contributed by atoms with Gasteiger partial charge >= 0.3 is 0 Å². The summed E-state index contributed by atoms with van der Waals surface area (Å²) in [5.41, 5.74) is 1.15. The molecule has 2 unspecified atom stereocenters. The van der Waals surface area contributed by atoms with Crippen LogP contribution < -0.4 is 9.47 Å². The summed E-state index contributed by atoms with van der Waals surface area (Å²) in [7, 11) is 3.27. The fourth-order valence-corrected chi connectivity index (χ4v) is 3.21. The first kappa shape index (κ1) is 18.6. The van der Waals surface area contributed by atoms with E-state index < -0.39 is 0 Å². The molecule has 0 aliphatic heterocycles. The molecule has 1 radical (unpaired) electrons. The van der Waals surface area contributed by atoms with E-state index in [2.05, 4.69) is 19.4 Å². The van der Waals surface area contributed by atoms with Gasteiger partial charge < -0.3 is 9.47 Å². The summed E-state index contributed by atoms with van der Waals surface area (Å²) in [6.45, 7) is 2.68. The van der Waals surface area contributed by atoms with Gasteiger partial charge in [-0.15, -0.1) is 0 Å². The van der Waals surface area contributed by atoms with E-state index >= 15 is 0 Å². The highest BCUT2D eigenvalue weighted by Gasteiger charge is 2.32. The molecule has 0 saturated heterocycles. The third-order valence-electron chi connectivity index (χ3n) is 4.56. The smallest absolute Gasteiger partial charge is 0.233 e. The minimum absolute atomic E-state index is 0.0196. The number of ether oxygens (including phenoxy) is 2. The van der Waals surface area contributed by atoms with E-state index in [1.165, 1.54) is 5.06 Å². The predicted molar refractivity (Wildman–Crippen MR) is 93.0 cm³/mol. The number of hydrogen-bond acceptors (Lipinski definition) is 4. The molecule has 133 valence electrons. The average molecular weight is 334 g/mol. The van der Waals surface area contributed by atoms with Crippen LogP contribution in [0.5, 0.6) is 11.5 Å². The van der Waals surface area contributed by atoms with Crippen molar-refractivity contribution in [3.63, 3.8) is 0 Å². The SMILES string of the molecule is CCCCON(C=O)C1C[CH]CCC1c1ccc(OC)c(OC)c1. The number of hydroxylamine groups is 2. The second kappa shape index (κ2) is 9.52. The molecule has 1 saturated carbocycles. The molecule has 1 fully saturated rings. The number of hydrogen-bond donors (Lipinski definition) is 0. The van der Waals surface area contributed by atoms with Crippen molar-refractivity contribution in [1.29, 1.82) is 0 Å². The summed E-state index contributed by atoms with van der Waals surface area (Å²) in [6, 6.07) is 6.01. The lowest BCUT2D eigenvalue weighted by Gasteiger charge is -2.37. The van der Waals surface area contributed by atoms with E-state index in [1.54, 1.807) is 14.2 Å². The van der Waals surface area contributed by atoms with Crippen molar-refractivity contribution >= 4 is 6.41 Å². The molecule has 5 heteroatoms. The van der Waals surface area contributed by atoms with Gasteiger partial charge in [-0.05, 0) is 49.8 Å². The number of benzene rings is 1. The molecular weight excluding hydrogens is 306 g/mol.